The number of hydrogen-bond acceptors (Lipinski definition) is 0. The molecule has 2 heteroatoms. The summed E-state index contributed by atoms with van der Waals surface area (Å²) in [5, 5.41) is 0. The summed E-state index contributed by atoms with van der Waals surface area (Å²) in [7, 11) is 0. The van der Waals surface area contributed by atoms with Crippen LogP contribution in [0, 0.1) is 0 Å². The van der Waals surface area contributed by atoms with E-state index in [1.807, 2.05) is 0 Å². The minimum atomic E-state index is 1.22. The summed E-state index contributed by atoms with van der Waals surface area (Å²) >= 11 is 0. The number of unbranched alkanes of at least 4 members (excludes halogenated alkanes) is 25. The van der Waals surface area contributed by atoms with Crippen LogP contribution in [0.5, 0.6) is 0 Å². The van der Waals surface area contributed by atoms with E-state index in [9.17, 15) is 0 Å². The average Bonchev–Trinajstić information content (AvgIpc) is 3.33. The van der Waals surface area contributed by atoms with Crippen LogP contribution < -0.4 is 4.57 Å². The van der Waals surface area contributed by atoms with E-state index in [2.05, 4.69) is 42.3 Å². The van der Waals surface area contributed by atoms with Gasteiger partial charge in [0, 0.05) is 6.42 Å². The van der Waals surface area contributed by atoms with Crippen molar-refractivity contribution in [2.75, 3.05) is 0 Å². The van der Waals surface area contributed by atoms with Crippen LogP contribution in [0.15, 0.2) is 12.4 Å². The summed E-state index contributed by atoms with van der Waals surface area (Å²) < 4.78 is 5.22. The highest BCUT2D eigenvalue weighted by molar-refractivity contribution is 4.84. The first-order valence-electron chi connectivity index (χ1n) is 18.4. The van der Waals surface area contributed by atoms with Crippen LogP contribution in [0.3, 0.4) is 0 Å². The van der Waals surface area contributed by atoms with Crippen LogP contribution in [0.1, 0.15) is 206 Å². The van der Waals surface area contributed by atoms with Gasteiger partial charge in [-0.2, -0.15) is 0 Å². The Morgan fingerprint density at radius 2 is 0.795 bits per heavy atom. The van der Waals surface area contributed by atoms with E-state index in [1.165, 1.54) is 199 Å². The van der Waals surface area contributed by atoms with Crippen LogP contribution in [-0.4, -0.2) is 4.57 Å². The molecule has 39 heavy (non-hydrogen) atoms. The summed E-state index contributed by atoms with van der Waals surface area (Å²) in [6, 6.07) is 0. The number of aromatic nitrogens is 2. The lowest BCUT2D eigenvalue weighted by Gasteiger charge is -2.07. The van der Waals surface area contributed by atoms with Crippen LogP contribution in [0.4, 0.5) is 0 Å². The fraction of sp³-hybridized carbons (Fsp3) is 0.919. The maximum Gasteiger partial charge on any atom is 0.256 e. The minimum Gasteiger partial charge on any atom is -0.234 e. The van der Waals surface area contributed by atoms with Crippen LogP contribution in [0.25, 0.3) is 0 Å². The van der Waals surface area contributed by atoms with E-state index in [0.717, 1.165) is 0 Å². The van der Waals surface area contributed by atoms with E-state index < -0.39 is 0 Å². The lowest BCUT2D eigenvalue weighted by atomic mass is 10.0. The second kappa shape index (κ2) is 28.7. The normalized spacial score (nSPS) is 11.6. The summed E-state index contributed by atoms with van der Waals surface area (Å²) in [5.41, 5.74) is 0. The molecule has 1 aromatic heterocycles. The fourth-order valence-electron chi connectivity index (χ4n) is 6.15. The largest absolute Gasteiger partial charge is 0.256 e. The summed E-state index contributed by atoms with van der Waals surface area (Å²) in [6.07, 6.45) is 46.0. The van der Waals surface area contributed by atoms with Crippen molar-refractivity contribution in [1.82, 2.24) is 4.57 Å². The van der Waals surface area contributed by atoms with Gasteiger partial charge in [-0.05, 0) is 32.1 Å². The number of hydrogen-bond donors (Lipinski definition) is 0. The first-order chi connectivity index (χ1) is 19.3. The van der Waals surface area contributed by atoms with E-state index in [-0.39, 0.29) is 0 Å². The molecule has 1 rings (SSSR count). The smallest absolute Gasteiger partial charge is 0.234 e. The third-order valence-corrected chi connectivity index (χ3v) is 8.85. The monoisotopic (exact) mass is 546 g/mol. The van der Waals surface area contributed by atoms with Gasteiger partial charge < -0.3 is 0 Å². The van der Waals surface area contributed by atoms with Gasteiger partial charge in [0.1, 0.15) is 12.4 Å². The second-order valence-electron chi connectivity index (χ2n) is 12.7. The molecule has 0 saturated carbocycles. The lowest BCUT2D eigenvalue weighted by Crippen LogP contribution is -2.37. The van der Waals surface area contributed by atoms with Gasteiger partial charge in [0.05, 0.1) is 13.1 Å². The van der Waals surface area contributed by atoms with Crippen molar-refractivity contribution in [2.24, 2.45) is 0 Å². The van der Waals surface area contributed by atoms with Crippen molar-refractivity contribution < 1.29 is 4.57 Å². The number of nitrogens with zero attached hydrogens (tertiary/aromatic N) is 2. The fourth-order valence-corrected chi connectivity index (χ4v) is 6.15. The molecule has 0 aliphatic carbocycles. The van der Waals surface area contributed by atoms with Crippen LogP contribution in [0.2, 0.25) is 0 Å². The molecule has 0 fully saturated rings. The minimum absolute atomic E-state index is 1.22. The third kappa shape index (κ3) is 21.6. The van der Waals surface area contributed by atoms with Crippen molar-refractivity contribution in [3.63, 3.8) is 0 Å². The predicted molar refractivity (Wildman–Crippen MR) is 175 cm³/mol. The molecule has 0 aliphatic rings. The highest BCUT2D eigenvalue weighted by atomic mass is 15.1. The van der Waals surface area contributed by atoms with Crippen molar-refractivity contribution in [2.45, 2.75) is 220 Å². The Kier molecular flexibility index (Phi) is 26.7. The topological polar surface area (TPSA) is 8.81 Å². The lowest BCUT2D eigenvalue weighted by molar-refractivity contribution is -0.704. The number of imidazole rings is 1. The molecule has 2 nitrogen and oxygen atoms in total. The summed E-state index contributed by atoms with van der Waals surface area (Å²) in [6.45, 7) is 9.38. The third-order valence-electron chi connectivity index (χ3n) is 8.85. The van der Waals surface area contributed by atoms with Crippen molar-refractivity contribution in [3.05, 3.63) is 18.2 Å². The van der Waals surface area contributed by atoms with Gasteiger partial charge in [0.25, 0.3) is 5.82 Å². The van der Waals surface area contributed by atoms with Crippen molar-refractivity contribution in [1.29, 1.82) is 0 Å². The molecule has 0 aliphatic heterocycles. The standard InChI is InChI=1S/C37H73N2/c1-4-7-10-13-15-17-18-19-20-21-22-23-24-25-27-29-32-37-38(33-30-12-9-6-3)35-36-39(37)34-31-28-26-16-14-11-8-5-2/h35-36H,4-34H2,1-3H3/q+1. The average molecular weight is 546 g/mol. The van der Waals surface area contributed by atoms with Gasteiger partial charge >= 0.3 is 0 Å². The zero-order chi connectivity index (χ0) is 28.1. The van der Waals surface area contributed by atoms with E-state index in [4.69, 9.17) is 0 Å². The van der Waals surface area contributed by atoms with Crippen molar-refractivity contribution >= 4 is 0 Å². The van der Waals surface area contributed by atoms with Crippen LogP contribution >= 0.6 is 0 Å². The molecular formula is C37H73N2+. The van der Waals surface area contributed by atoms with Gasteiger partial charge in [-0.15, -0.1) is 0 Å². The van der Waals surface area contributed by atoms with E-state index in [0.29, 0.717) is 0 Å². The molecule has 230 valence electrons. The summed E-state index contributed by atoms with van der Waals surface area (Å²) in [4.78, 5) is 0. The second-order valence-corrected chi connectivity index (χ2v) is 12.7. The summed E-state index contributed by atoms with van der Waals surface area (Å²) in [5.74, 6) is 1.61. The Hall–Kier alpha value is -0.790. The van der Waals surface area contributed by atoms with Gasteiger partial charge in [0.15, 0.2) is 0 Å². The van der Waals surface area contributed by atoms with Crippen LogP contribution in [-0.2, 0) is 19.5 Å². The first kappa shape index (κ1) is 36.2. The maximum absolute atomic E-state index is 2.61. The molecule has 1 aromatic rings. The molecular weight excluding hydrogens is 472 g/mol. The Bertz CT molecular complexity index is 605. The quantitative estimate of drug-likeness (QED) is 0.0648. The van der Waals surface area contributed by atoms with Gasteiger partial charge in [0.2, 0.25) is 0 Å². The zero-order valence-electron chi connectivity index (χ0n) is 27.5. The van der Waals surface area contributed by atoms with E-state index >= 15 is 0 Å². The molecule has 0 bridgehead atoms. The molecule has 0 amide bonds. The molecule has 0 atom stereocenters. The van der Waals surface area contributed by atoms with Gasteiger partial charge in [-0.25, -0.2) is 9.13 Å². The zero-order valence-corrected chi connectivity index (χ0v) is 27.5. The Morgan fingerprint density at radius 3 is 1.23 bits per heavy atom. The van der Waals surface area contributed by atoms with Crippen molar-refractivity contribution in [3.8, 4) is 0 Å². The molecule has 1 heterocycles. The Balaban J connectivity index is 2.17. The SMILES string of the molecule is CCCCCCCCCCCCCCCCCCc1n(CCCCCC)cc[n+]1CCCCCCCCCC. The maximum atomic E-state index is 2.61. The number of rotatable bonds is 31. The molecule has 0 radical (unpaired) electrons. The highest BCUT2D eigenvalue weighted by Crippen LogP contribution is 2.15. The van der Waals surface area contributed by atoms with E-state index in [1.54, 1.807) is 5.82 Å². The first-order valence-corrected chi connectivity index (χ1v) is 18.4. The predicted octanol–water partition coefficient (Wildman–Crippen LogP) is 12.3. The molecule has 0 saturated heterocycles. The highest BCUT2D eigenvalue weighted by Gasteiger charge is 2.16. The molecule has 0 aromatic carbocycles. The van der Waals surface area contributed by atoms with Gasteiger partial charge in [-0.3, -0.25) is 0 Å². The molecule has 0 N–H and O–H groups in total. The Morgan fingerprint density at radius 1 is 0.436 bits per heavy atom. The molecule has 0 unspecified atom stereocenters. The molecule has 0 spiro atoms. The van der Waals surface area contributed by atoms with Gasteiger partial charge in [-0.1, -0.05) is 168 Å². The Labute approximate surface area is 247 Å². The number of aryl methyl sites for hydroxylation is 2.